The van der Waals surface area contributed by atoms with Gasteiger partial charge in [0, 0.05) is 0 Å². The number of hydrogen-bond acceptors (Lipinski definition) is 4. The van der Waals surface area contributed by atoms with Gasteiger partial charge in [-0.3, -0.25) is 14.7 Å². The zero-order chi connectivity index (χ0) is 19.7. The van der Waals surface area contributed by atoms with E-state index in [-0.39, 0.29) is 23.2 Å². The summed E-state index contributed by atoms with van der Waals surface area (Å²) < 4.78 is 13.8. The van der Waals surface area contributed by atoms with Crippen molar-refractivity contribution in [2.45, 2.75) is 26.8 Å². The van der Waals surface area contributed by atoms with E-state index in [0.717, 1.165) is 22.3 Å². The molecule has 1 atom stereocenters. The molecular formula is C20H20FN3O3. The van der Waals surface area contributed by atoms with Gasteiger partial charge in [0.2, 0.25) is 5.43 Å². The van der Waals surface area contributed by atoms with Gasteiger partial charge in [0.15, 0.2) is 5.69 Å². The number of rotatable bonds is 4. The number of carbonyl (C=O) groups is 1. The molecule has 0 radical (unpaired) electrons. The number of hydrogen-bond donors (Lipinski definition) is 3. The standard InChI is InChI=1S/C20H20FN3O3/c1-10-7-11(2)16(12(3)8-10)15(9-25)22-20(27)18-19(26)13-5-4-6-14(21)17(13)23-24-18/h4-8,15,25H,9H2,1-3H3,(H,22,27)(H,23,26). The minimum Gasteiger partial charge on any atom is -0.394 e. The van der Waals surface area contributed by atoms with Gasteiger partial charge in [-0.15, -0.1) is 0 Å². The van der Waals surface area contributed by atoms with Crippen molar-refractivity contribution >= 4 is 16.8 Å². The summed E-state index contributed by atoms with van der Waals surface area (Å²) in [5.74, 6) is -1.36. The van der Waals surface area contributed by atoms with Crippen LogP contribution in [-0.4, -0.2) is 27.8 Å². The Morgan fingerprint density at radius 1 is 1.26 bits per heavy atom. The first kappa shape index (κ1) is 18.7. The maximum atomic E-state index is 13.8. The second-order valence-corrected chi connectivity index (χ2v) is 6.58. The third-order valence-corrected chi connectivity index (χ3v) is 4.54. The largest absolute Gasteiger partial charge is 0.394 e. The number of aliphatic hydroxyl groups is 1. The predicted molar refractivity (Wildman–Crippen MR) is 100 cm³/mol. The van der Waals surface area contributed by atoms with Crippen molar-refractivity contribution in [2.75, 3.05) is 6.61 Å². The molecule has 0 saturated heterocycles. The Morgan fingerprint density at radius 2 is 1.93 bits per heavy atom. The number of amides is 1. The van der Waals surface area contributed by atoms with E-state index < -0.39 is 23.2 Å². The highest BCUT2D eigenvalue weighted by atomic mass is 19.1. The number of nitrogens with zero attached hydrogens (tertiary/aromatic N) is 1. The summed E-state index contributed by atoms with van der Waals surface area (Å²) >= 11 is 0. The number of aromatic amines is 1. The van der Waals surface area contributed by atoms with Crippen molar-refractivity contribution in [2.24, 2.45) is 0 Å². The summed E-state index contributed by atoms with van der Waals surface area (Å²) in [5, 5.41) is 18.7. The van der Waals surface area contributed by atoms with Crippen LogP contribution < -0.4 is 10.7 Å². The van der Waals surface area contributed by atoms with Crippen LogP contribution in [0.25, 0.3) is 10.9 Å². The summed E-state index contributed by atoms with van der Waals surface area (Å²) in [6.07, 6.45) is 0. The van der Waals surface area contributed by atoms with Crippen molar-refractivity contribution in [3.05, 3.63) is 74.3 Å². The van der Waals surface area contributed by atoms with E-state index in [1.807, 2.05) is 32.9 Å². The van der Waals surface area contributed by atoms with Crippen LogP contribution in [0, 0.1) is 26.6 Å². The lowest BCUT2D eigenvalue weighted by molar-refractivity contribution is 0.0909. The lowest BCUT2D eigenvalue weighted by Gasteiger charge is -2.21. The molecule has 3 aromatic rings. The third-order valence-electron chi connectivity index (χ3n) is 4.54. The molecule has 3 N–H and O–H groups in total. The topological polar surface area (TPSA) is 95.1 Å². The normalized spacial score (nSPS) is 12.2. The van der Waals surface area contributed by atoms with Crippen LogP contribution in [0.3, 0.4) is 0 Å². The van der Waals surface area contributed by atoms with Crippen LogP contribution in [0.15, 0.2) is 35.1 Å². The van der Waals surface area contributed by atoms with E-state index in [0.29, 0.717) is 0 Å². The Bertz CT molecular complexity index is 1070. The Hall–Kier alpha value is -3.06. The fraction of sp³-hybridized carbons (Fsp3) is 0.250. The first-order valence-corrected chi connectivity index (χ1v) is 8.49. The van der Waals surface area contributed by atoms with Crippen molar-refractivity contribution < 1.29 is 14.3 Å². The molecule has 1 heterocycles. The number of aromatic nitrogens is 2. The number of H-pyrrole nitrogens is 1. The van der Waals surface area contributed by atoms with Crippen LogP contribution in [-0.2, 0) is 0 Å². The average molecular weight is 369 g/mol. The van der Waals surface area contributed by atoms with Gasteiger partial charge < -0.3 is 10.4 Å². The maximum absolute atomic E-state index is 13.8. The SMILES string of the molecule is Cc1cc(C)c(C(CO)NC(=O)c2n[nH]c3c(F)cccc3c2=O)c(C)c1. The van der Waals surface area contributed by atoms with Gasteiger partial charge in [-0.1, -0.05) is 23.8 Å². The third kappa shape index (κ3) is 3.46. The van der Waals surface area contributed by atoms with E-state index in [4.69, 9.17) is 0 Å². The van der Waals surface area contributed by atoms with Gasteiger partial charge in [-0.05, 0) is 49.6 Å². The molecule has 7 heteroatoms. The van der Waals surface area contributed by atoms with Crippen molar-refractivity contribution in [1.82, 2.24) is 15.5 Å². The lowest BCUT2D eigenvalue weighted by Crippen LogP contribution is -2.35. The van der Waals surface area contributed by atoms with E-state index in [9.17, 15) is 19.1 Å². The van der Waals surface area contributed by atoms with Crippen LogP contribution in [0.5, 0.6) is 0 Å². The number of para-hydroxylation sites is 1. The minimum absolute atomic E-state index is 0.0402. The maximum Gasteiger partial charge on any atom is 0.276 e. The van der Waals surface area contributed by atoms with E-state index >= 15 is 0 Å². The first-order chi connectivity index (χ1) is 12.8. The van der Waals surface area contributed by atoms with E-state index in [2.05, 4.69) is 15.5 Å². The van der Waals surface area contributed by atoms with E-state index in [1.165, 1.54) is 18.2 Å². The highest BCUT2D eigenvalue weighted by Gasteiger charge is 2.22. The zero-order valence-electron chi connectivity index (χ0n) is 15.3. The second kappa shape index (κ2) is 7.28. The molecule has 0 spiro atoms. The molecule has 0 aliphatic carbocycles. The molecule has 3 rings (SSSR count). The molecule has 1 amide bonds. The molecule has 0 aliphatic heterocycles. The van der Waals surface area contributed by atoms with Gasteiger partial charge in [0.25, 0.3) is 5.91 Å². The fourth-order valence-electron chi connectivity index (χ4n) is 3.45. The van der Waals surface area contributed by atoms with E-state index in [1.54, 1.807) is 0 Å². The molecule has 140 valence electrons. The molecule has 6 nitrogen and oxygen atoms in total. The molecule has 1 unspecified atom stereocenters. The summed E-state index contributed by atoms with van der Waals surface area (Å²) in [7, 11) is 0. The molecule has 0 saturated carbocycles. The van der Waals surface area contributed by atoms with Gasteiger partial charge >= 0.3 is 0 Å². The molecular weight excluding hydrogens is 349 g/mol. The van der Waals surface area contributed by atoms with Gasteiger partial charge in [-0.2, -0.15) is 5.10 Å². The van der Waals surface area contributed by atoms with Crippen molar-refractivity contribution in [3.63, 3.8) is 0 Å². The Morgan fingerprint density at radius 3 is 2.56 bits per heavy atom. The average Bonchev–Trinajstić information content (AvgIpc) is 2.60. The highest BCUT2D eigenvalue weighted by Crippen LogP contribution is 2.23. The number of carbonyl (C=O) groups excluding carboxylic acids is 1. The summed E-state index contributed by atoms with van der Waals surface area (Å²) in [5.41, 5.74) is 2.61. The Labute approximate surface area is 155 Å². The summed E-state index contributed by atoms with van der Waals surface area (Å²) in [6, 6.07) is 7.24. The molecule has 1 aromatic heterocycles. The number of fused-ring (bicyclic) bond motifs is 1. The minimum atomic E-state index is -0.735. The molecule has 0 fully saturated rings. The number of aryl methyl sites for hydroxylation is 3. The predicted octanol–water partition coefficient (Wildman–Crippen LogP) is 2.45. The van der Waals surface area contributed by atoms with Crippen LogP contribution in [0.2, 0.25) is 0 Å². The number of aliphatic hydroxyl groups excluding tert-OH is 1. The highest BCUT2D eigenvalue weighted by molar-refractivity contribution is 5.95. The fourth-order valence-corrected chi connectivity index (χ4v) is 3.45. The Kier molecular flexibility index (Phi) is 5.05. The number of nitrogens with one attached hydrogen (secondary N) is 2. The number of benzene rings is 2. The Balaban J connectivity index is 1.98. The summed E-state index contributed by atoms with van der Waals surface area (Å²) in [6.45, 7) is 5.42. The van der Waals surface area contributed by atoms with Crippen LogP contribution in [0.1, 0.15) is 38.8 Å². The summed E-state index contributed by atoms with van der Waals surface area (Å²) in [4.78, 5) is 25.2. The first-order valence-electron chi connectivity index (χ1n) is 8.49. The smallest absolute Gasteiger partial charge is 0.276 e. The van der Waals surface area contributed by atoms with Crippen molar-refractivity contribution in [1.29, 1.82) is 0 Å². The second-order valence-electron chi connectivity index (χ2n) is 6.58. The molecule has 0 bridgehead atoms. The van der Waals surface area contributed by atoms with Crippen molar-refractivity contribution in [3.8, 4) is 0 Å². The number of halogens is 1. The molecule has 0 aliphatic rings. The monoisotopic (exact) mass is 369 g/mol. The van der Waals surface area contributed by atoms with Gasteiger partial charge in [0.05, 0.1) is 18.0 Å². The molecule has 27 heavy (non-hydrogen) atoms. The van der Waals surface area contributed by atoms with Crippen LogP contribution in [0.4, 0.5) is 4.39 Å². The molecule has 2 aromatic carbocycles. The zero-order valence-corrected chi connectivity index (χ0v) is 15.3. The van der Waals surface area contributed by atoms with Gasteiger partial charge in [0.1, 0.15) is 11.3 Å². The lowest BCUT2D eigenvalue weighted by atomic mass is 9.94. The quantitative estimate of drug-likeness (QED) is 0.658. The van der Waals surface area contributed by atoms with Gasteiger partial charge in [-0.25, -0.2) is 4.39 Å². The van der Waals surface area contributed by atoms with Crippen LogP contribution >= 0.6 is 0 Å².